The molecule has 0 amide bonds. The molecule has 162 valence electrons. The van der Waals surface area contributed by atoms with E-state index in [4.69, 9.17) is 0 Å². The monoisotopic (exact) mass is 429 g/mol. The van der Waals surface area contributed by atoms with Crippen molar-refractivity contribution in [3.63, 3.8) is 0 Å². The molecule has 4 heterocycles. The van der Waals surface area contributed by atoms with E-state index < -0.39 is 0 Å². The van der Waals surface area contributed by atoms with Gasteiger partial charge in [-0.1, -0.05) is 12.1 Å². The largest absolute Gasteiger partial charge is 0.368 e. The lowest BCUT2D eigenvalue weighted by Crippen LogP contribution is -2.54. The SMILES string of the molecule is C[C@@H]1CN(c2ccc3c(c2)Cn2cc(-c4ccc(F)cc4)cc2-c2nnnn2-3)C[C@H](C)N1. The van der Waals surface area contributed by atoms with Crippen LogP contribution in [0.3, 0.4) is 0 Å². The van der Waals surface area contributed by atoms with E-state index in [0.29, 0.717) is 24.5 Å². The molecule has 2 aromatic heterocycles. The van der Waals surface area contributed by atoms with Crippen LogP contribution in [0.1, 0.15) is 19.4 Å². The van der Waals surface area contributed by atoms with Crippen LogP contribution >= 0.6 is 0 Å². The highest BCUT2D eigenvalue weighted by atomic mass is 19.1. The Morgan fingerprint density at radius 2 is 1.75 bits per heavy atom. The van der Waals surface area contributed by atoms with Crippen LogP contribution in [0.25, 0.3) is 28.3 Å². The van der Waals surface area contributed by atoms with E-state index in [0.717, 1.165) is 41.2 Å². The zero-order chi connectivity index (χ0) is 21.8. The number of anilines is 1. The third-order valence-electron chi connectivity index (χ3n) is 6.33. The second-order valence-electron chi connectivity index (χ2n) is 8.85. The van der Waals surface area contributed by atoms with Gasteiger partial charge in [0.2, 0.25) is 5.82 Å². The minimum Gasteiger partial charge on any atom is -0.368 e. The smallest absolute Gasteiger partial charge is 0.203 e. The highest BCUT2D eigenvalue weighted by Gasteiger charge is 2.26. The minimum atomic E-state index is -0.239. The number of fused-ring (bicyclic) bond motifs is 5. The third-order valence-corrected chi connectivity index (χ3v) is 6.33. The Kier molecular flexibility index (Phi) is 4.36. The standard InChI is InChI=1S/C24H24FN7/c1-15-11-30(12-16(2)26-15)21-7-8-22-19(9-21)14-31-13-18(17-3-5-20(25)6-4-17)10-23(31)24-27-28-29-32(22)24/h3-10,13,15-16,26H,11-12,14H2,1-2H3/t15-,16+. The molecule has 0 aliphatic carbocycles. The molecule has 0 saturated carbocycles. The lowest BCUT2D eigenvalue weighted by atomic mass is 10.1. The van der Waals surface area contributed by atoms with E-state index in [1.54, 1.807) is 12.1 Å². The summed E-state index contributed by atoms with van der Waals surface area (Å²) in [7, 11) is 0. The van der Waals surface area contributed by atoms with Gasteiger partial charge in [-0.2, -0.15) is 4.68 Å². The summed E-state index contributed by atoms with van der Waals surface area (Å²) in [6, 6.07) is 16.1. The Bertz CT molecular complexity index is 1280. The zero-order valence-corrected chi connectivity index (χ0v) is 18.0. The highest BCUT2D eigenvalue weighted by Crippen LogP contribution is 2.34. The van der Waals surface area contributed by atoms with E-state index in [2.05, 4.69) is 74.6 Å². The molecule has 1 fully saturated rings. The van der Waals surface area contributed by atoms with Crippen LogP contribution in [0.2, 0.25) is 0 Å². The summed E-state index contributed by atoms with van der Waals surface area (Å²) < 4.78 is 17.4. The van der Waals surface area contributed by atoms with Crippen LogP contribution in [-0.4, -0.2) is 49.9 Å². The van der Waals surface area contributed by atoms with E-state index >= 15 is 0 Å². The number of aromatic nitrogens is 5. The third kappa shape index (κ3) is 3.18. The van der Waals surface area contributed by atoms with E-state index in [9.17, 15) is 4.39 Å². The van der Waals surface area contributed by atoms with Gasteiger partial charge in [-0.3, -0.25) is 0 Å². The van der Waals surface area contributed by atoms with Crippen molar-refractivity contribution in [2.75, 3.05) is 18.0 Å². The predicted molar refractivity (Wildman–Crippen MR) is 121 cm³/mol. The Labute approximate surface area is 185 Å². The maximum absolute atomic E-state index is 13.4. The van der Waals surface area contributed by atoms with Crippen molar-refractivity contribution in [1.82, 2.24) is 30.1 Å². The summed E-state index contributed by atoms with van der Waals surface area (Å²) in [6.45, 7) is 7.10. The van der Waals surface area contributed by atoms with Gasteiger partial charge in [-0.25, -0.2) is 4.39 Å². The van der Waals surface area contributed by atoms with Crippen molar-refractivity contribution in [3.05, 3.63) is 66.1 Å². The van der Waals surface area contributed by atoms with Gasteiger partial charge in [-0.05, 0) is 71.8 Å². The Hall–Kier alpha value is -3.52. The van der Waals surface area contributed by atoms with Crippen LogP contribution in [0.4, 0.5) is 10.1 Å². The van der Waals surface area contributed by atoms with Crippen molar-refractivity contribution in [2.45, 2.75) is 32.5 Å². The van der Waals surface area contributed by atoms with Gasteiger partial charge in [0.25, 0.3) is 0 Å². The van der Waals surface area contributed by atoms with Gasteiger partial charge >= 0.3 is 0 Å². The lowest BCUT2D eigenvalue weighted by molar-refractivity contribution is 0.407. The van der Waals surface area contributed by atoms with Crippen LogP contribution in [0.15, 0.2) is 54.7 Å². The first-order valence-electron chi connectivity index (χ1n) is 10.9. The molecular formula is C24H24FN7. The van der Waals surface area contributed by atoms with E-state index in [1.165, 1.54) is 17.8 Å². The zero-order valence-electron chi connectivity index (χ0n) is 18.0. The van der Waals surface area contributed by atoms with Gasteiger partial charge in [0.1, 0.15) is 5.82 Å². The molecule has 8 heteroatoms. The number of hydrogen-bond acceptors (Lipinski definition) is 5. The summed E-state index contributed by atoms with van der Waals surface area (Å²) >= 11 is 0. The Balaban J connectivity index is 1.43. The first kappa shape index (κ1) is 19.2. The van der Waals surface area contributed by atoms with Crippen molar-refractivity contribution < 1.29 is 4.39 Å². The van der Waals surface area contributed by atoms with Crippen LogP contribution in [0, 0.1) is 5.82 Å². The fourth-order valence-electron chi connectivity index (χ4n) is 4.96. The summed E-state index contributed by atoms with van der Waals surface area (Å²) in [5.41, 5.74) is 6.29. The van der Waals surface area contributed by atoms with Gasteiger partial charge in [0.05, 0.1) is 11.4 Å². The molecule has 6 rings (SSSR count). The Morgan fingerprint density at radius 1 is 0.969 bits per heavy atom. The maximum atomic E-state index is 13.4. The number of nitrogens with one attached hydrogen (secondary N) is 1. The molecule has 0 radical (unpaired) electrons. The number of hydrogen-bond donors (Lipinski definition) is 1. The average Bonchev–Trinajstić information content (AvgIpc) is 3.38. The Morgan fingerprint density at radius 3 is 2.53 bits per heavy atom. The van der Waals surface area contributed by atoms with Gasteiger partial charge in [0.15, 0.2) is 0 Å². The van der Waals surface area contributed by atoms with Gasteiger partial charge < -0.3 is 14.8 Å². The molecule has 2 aromatic carbocycles. The summed E-state index contributed by atoms with van der Waals surface area (Å²) in [5.74, 6) is 0.464. The molecule has 32 heavy (non-hydrogen) atoms. The highest BCUT2D eigenvalue weighted by molar-refractivity contribution is 5.71. The molecule has 2 aliphatic heterocycles. The molecule has 0 unspecified atom stereocenters. The number of halogens is 1. The molecule has 1 N–H and O–H groups in total. The molecule has 7 nitrogen and oxygen atoms in total. The van der Waals surface area contributed by atoms with Crippen LogP contribution in [0.5, 0.6) is 0 Å². The molecule has 0 spiro atoms. The van der Waals surface area contributed by atoms with Gasteiger partial charge in [-0.15, -0.1) is 5.10 Å². The maximum Gasteiger partial charge on any atom is 0.203 e. The molecule has 0 bridgehead atoms. The van der Waals surface area contributed by atoms with Crippen molar-refractivity contribution in [2.24, 2.45) is 0 Å². The number of piperazine rings is 1. The van der Waals surface area contributed by atoms with Crippen molar-refractivity contribution in [1.29, 1.82) is 0 Å². The van der Waals surface area contributed by atoms with Gasteiger partial charge in [0, 0.05) is 49.2 Å². The van der Waals surface area contributed by atoms with Crippen LogP contribution < -0.4 is 10.2 Å². The molecule has 4 aromatic rings. The summed E-state index contributed by atoms with van der Waals surface area (Å²) in [4.78, 5) is 2.44. The number of tetrazole rings is 1. The molecular weight excluding hydrogens is 405 g/mol. The summed E-state index contributed by atoms with van der Waals surface area (Å²) in [6.07, 6.45) is 2.10. The quantitative estimate of drug-likeness (QED) is 0.466. The predicted octanol–water partition coefficient (Wildman–Crippen LogP) is 3.49. The molecule has 1 saturated heterocycles. The number of rotatable bonds is 2. The summed E-state index contributed by atoms with van der Waals surface area (Å²) in [5, 5.41) is 16.1. The molecule has 2 atom stereocenters. The van der Waals surface area contributed by atoms with Crippen LogP contribution in [-0.2, 0) is 6.54 Å². The average molecular weight is 430 g/mol. The fraction of sp³-hybridized carbons (Fsp3) is 0.292. The first-order valence-corrected chi connectivity index (χ1v) is 10.9. The lowest BCUT2D eigenvalue weighted by Gasteiger charge is -2.38. The fourth-order valence-corrected chi connectivity index (χ4v) is 4.96. The number of benzene rings is 2. The van der Waals surface area contributed by atoms with E-state index in [-0.39, 0.29) is 5.82 Å². The minimum absolute atomic E-state index is 0.239. The van der Waals surface area contributed by atoms with E-state index in [1.807, 2.05) is 4.68 Å². The first-order chi connectivity index (χ1) is 15.5. The van der Waals surface area contributed by atoms with Crippen molar-refractivity contribution in [3.8, 4) is 28.3 Å². The van der Waals surface area contributed by atoms with Crippen molar-refractivity contribution >= 4 is 5.69 Å². The number of nitrogens with zero attached hydrogens (tertiary/aromatic N) is 6. The second kappa shape index (κ2) is 7.27. The normalized spacial score (nSPS) is 19.8. The topological polar surface area (TPSA) is 63.8 Å². The molecule has 2 aliphatic rings. The second-order valence-corrected chi connectivity index (χ2v) is 8.85.